The summed E-state index contributed by atoms with van der Waals surface area (Å²) in [6.45, 7) is 0. The lowest BCUT2D eigenvalue weighted by molar-refractivity contribution is 0.551. The Morgan fingerprint density at radius 2 is 2.18 bits per heavy atom. The molecule has 0 fully saturated rings. The third-order valence-electron chi connectivity index (χ3n) is 0.988. The van der Waals surface area contributed by atoms with Gasteiger partial charge in [0.15, 0.2) is 0 Å². The average Bonchev–Trinajstić information content (AvgIpc) is 1.86. The van der Waals surface area contributed by atoms with Gasteiger partial charge in [0.05, 0.1) is 0 Å². The molecule has 0 unspecified atom stereocenters. The topological polar surface area (TPSA) is 47.0 Å². The van der Waals surface area contributed by atoms with E-state index in [-0.39, 0.29) is 5.15 Å². The summed E-state index contributed by atoms with van der Waals surface area (Å²) in [4.78, 5) is 2.80. The number of pyridine rings is 1. The Morgan fingerprint density at radius 3 is 2.55 bits per heavy atom. The van der Waals surface area contributed by atoms with Crippen molar-refractivity contribution in [1.82, 2.24) is 4.98 Å². The van der Waals surface area contributed by atoms with Crippen LogP contribution in [0.25, 0.3) is 0 Å². The third kappa shape index (κ3) is 1.87. The van der Waals surface area contributed by atoms with Crippen LogP contribution in [0.2, 0.25) is 5.15 Å². The number of halogens is 2. The van der Waals surface area contributed by atoms with E-state index < -0.39 is 15.1 Å². The van der Waals surface area contributed by atoms with Crippen LogP contribution >= 0.6 is 11.6 Å². The number of nitrogens with zero attached hydrogens (tertiary/aromatic N) is 1. The summed E-state index contributed by atoms with van der Waals surface area (Å²) in [5.74, 6) is 0. The molecule has 0 amide bonds. The van der Waals surface area contributed by atoms with Crippen molar-refractivity contribution in [3.63, 3.8) is 0 Å². The molecule has 0 aromatic carbocycles. The minimum absolute atomic E-state index is 0.352. The van der Waals surface area contributed by atoms with Gasteiger partial charge in [0.25, 0.3) is 0 Å². The summed E-state index contributed by atoms with van der Waals surface area (Å²) in [5, 5.41) is -0.352. The highest BCUT2D eigenvalue weighted by atomic mass is 35.5. The van der Waals surface area contributed by atoms with Crippen LogP contribution in [0.5, 0.6) is 0 Å². The minimum Gasteiger partial charge on any atom is -0.243 e. The molecule has 1 rings (SSSR count). The number of aromatic nitrogens is 1. The van der Waals surface area contributed by atoms with Gasteiger partial charge in [0.2, 0.25) is 0 Å². The van der Waals surface area contributed by atoms with Gasteiger partial charge in [-0.2, -0.15) is 8.42 Å². The number of hydrogen-bond donors (Lipinski definition) is 0. The fourth-order valence-electron chi connectivity index (χ4n) is 0.553. The molecule has 0 bridgehead atoms. The molecule has 1 heterocycles. The third-order valence-corrected chi connectivity index (χ3v) is 2.26. The van der Waals surface area contributed by atoms with E-state index in [2.05, 4.69) is 4.98 Å². The van der Waals surface area contributed by atoms with Crippen LogP contribution in [0.1, 0.15) is 0 Å². The Kier molecular flexibility index (Phi) is 2.10. The summed E-state index contributed by atoms with van der Waals surface area (Å²) in [5.41, 5.74) is 0. The Bertz CT molecular complexity index is 365. The van der Waals surface area contributed by atoms with Crippen molar-refractivity contribution in [2.75, 3.05) is 0 Å². The second-order valence-corrected chi connectivity index (χ2v) is 3.40. The maximum absolute atomic E-state index is 12.2. The second kappa shape index (κ2) is 2.75. The molecule has 0 radical (unpaired) electrons. The number of hydrogen-bond acceptors (Lipinski definition) is 3. The van der Waals surface area contributed by atoms with Crippen LogP contribution < -0.4 is 0 Å². The van der Waals surface area contributed by atoms with Gasteiger partial charge in [-0.15, -0.1) is 3.89 Å². The number of rotatable bonds is 1. The molecule has 11 heavy (non-hydrogen) atoms. The predicted molar refractivity (Wildman–Crippen MR) is 37.5 cm³/mol. The van der Waals surface area contributed by atoms with Crippen molar-refractivity contribution < 1.29 is 12.3 Å². The van der Waals surface area contributed by atoms with Crippen molar-refractivity contribution in [3.8, 4) is 0 Å². The molecule has 0 spiro atoms. The first-order valence-corrected chi connectivity index (χ1v) is 4.33. The van der Waals surface area contributed by atoms with Crippen LogP contribution in [0.3, 0.4) is 0 Å². The molecule has 60 valence electrons. The van der Waals surface area contributed by atoms with Crippen molar-refractivity contribution in [2.24, 2.45) is 0 Å². The normalized spacial score (nSPS) is 11.5. The van der Waals surface area contributed by atoms with Crippen molar-refractivity contribution in [2.45, 2.75) is 4.90 Å². The molecular weight excluding hydrogens is 193 g/mol. The van der Waals surface area contributed by atoms with Crippen molar-refractivity contribution in [3.05, 3.63) is 23.5 Å². The summed E-state index contributed by atoms with van der Waals surface area (Å²) < 4.78 is 32.8. The lowest BCUT2D eigenvalue weighted by atomic mass is 10.5. The van der Waals surface area contributed by atoms with Gasteiger partial charge in [-0.25, -0.2) is 4.98 Å². The monoisotopic (exact) mass is 195 g/mol. The van der Waals surface area contributed by atoms with Gasteiger partial charge in [-0.05, 0) is 12.1 Å². The molecule has 0 aliphatic heterocycles. The fourth-order valence-corrected chi connectivity index (χ4v) is 1.44. The quantitative estimate of drug-likeness (QED) is 0.503. The van der Waals surface area contributed by atoms with E-state index >= 15 is 0 Å². The van der Waals surface area contributed by atoms with E-state index in [9.17, 15) is 12.3 Å². The molecule has 1 aromatic rings. The smallest absolute Gasteiger partial charge is 0.243 e. The molecular formula is C5H3ClFNO2S. The van der Waals surface area contributed by atoms with Crippen LogP contribution in [0.4, 0.5) is 3.89 Å². The van der Waals surface area contributed by atoms with Crippen molar-refractivity contribution >= 4 is 21.8 Å². The maximum atomic E-state index is 12.2. The second-order valence-electron chi connectivity index (χ2n) is 1.73. The molecule has 0 atom stereocenters. The van der Waals surface area contributed by atoms with Crippen LogP contribution in [-0.2, 0) is 10.2 Å². The average molecular weight is 196 g/mol. The van der Waals surface area contributed by atoms with Gasteiger partial charge >= 0.3 is 10.2 Å². The standard InChI is InChI=1S/C5H3ClFNO2S/c6-5-4(11(7,9)10)2-1-3-8-5/h1-3H. The maximum Gasteiger partial charge on any atom is 0.335 e. The highest BCUT2D eigenvalue weighted by Gasteiger charge is 2.15. The molecule has 0 aliphatic rings. The SMILES string of the molecule is O=S(=O)(F)c1cccnc1Cl. The lowest BCUT2D eigenvalue weighted by Gasteiger charge is -1.94. The van der Waals surface area contributed by atoms with Gasteiger partial charge in [-0.3, -0.25) is 0 Å². The van der Waals surface area contributed by atoms with E-state index in [1.54, 1.807) is 0 Å². The molecule has 1 aromatic heterocycles. The van der Waals surface area contributed by atoms with E-state index in [0.29, 0.717) is 0 Å². The molecule has 0 aliphatic carbocycles. The van der Waals surface area contributed by atoms with Crippen molar-refractivity contribution in [1.29, 1.82) is 0 Å². The summed E-state index contributed by atoms with van der Waals surface area (Å²) in [6, 6.07) is 2.34. The summed E-state index contributed by atoms with van der Waals surface area (Å²) in [6.07, 6.45) is 1.27. The first-order chi connectivity index (χ1) is 5.02. The minimum atomic E-state index is -4.73. The molecule has 0 N–H and O–H groups in total. The molecule has 0 saturated carbocycles. The summed E-state index contributed by atoms with van der Waals surface area (Å²) in [7, 11) is -4.73. The molecule has 0 saturated heterocycles. The van der Waals surface area contributed by atoms with E-state index in [1.807, 2.05) is 0 Å². The first kappa shape index (κ1) is 8.42. The van der Waals surface area contributed by atoms with Crippen LogP contribution in [0, 0.1) is 0 Å². The summed E-state index contributed by atoms with van der Waals surface area (Å²) >= 11 is 5.28. The van der Waals surface area contributed by atoms with Gasteiger partial charge in [-0.1, -0.05) is 11.6 Å². The Hall–Kier alpha value is -0.680. The zero-order valence-electron chi connectivity index (χ0n) is 5.16. The van der Waals surface area contributed by atoms with Gasteiger partial charge in [0.1, 0.15) is 10.0 Å². The fraction of sp³-hybridized carbons (Fsp3) is 0. The zero-order valence-corrected chi connectivity index (χ0v) is 6.73. The van der Waals surface area contributed by atoms with Gasteiger partial charge < -0.3 is 0 Å². The Balaban J connectivity index is 3.37. The van der Waals surface area contributed by atoms with Crippen LogP contribution in [-0.4, -0.2) is 13.4 Å². The zero-order chi connectivity index (χ0) is 8.48. The predicted octanol–water partition coefficient (Wildman–Crippen LogP) is 1.39. The van der Waals surface area contributed by atoms with E-state index in [0.717, 1.165) is 6.07 Å². The lowest BCUT2D eigenvalue weighted by Crippen LogP contribution is -1.93. The highest BCUT2D eigenvalue weighted by Crippen LogP contribution is 2.19. The Labute approximate surface area is 68.0 Å². The van der Waals surface area contributed by atoms with E-state index in [4.69, 9.17) is 11.6 Å². The highest BCUT2D eigenvalue weighted by molar-refractivity contribution is 7.86. The van der Waals surface area contributed by atoms with Gasteiger partial charge in [0, 0.05) is 6.20 Å². The Morgan fingerprint density at radius 1 is 1.55 bits per heavy atom. The largest absolute Gasteiger partial charge is 0.335 e. The van der Waals surface area contributed by atoms with Crippen LogP contribution in [0.15, 0.2) is 23.2 Å². The first-order valence-electron chi connectivity index (χ1n) is 2.57. The molecule has 3 nitrogen and oxygen atoms in total. The molecule has 6 heteroatoms. The van der Waals surface area contributed by atoms with E-state index in [1.165, 1.54) is 12.3 Å².